The van der Waals surface area contributed by atoms with Crippen molar-refractivity contribution in [2.24, 2.45) is 0 Å². The van der Waals surface area contributed by atoms with E-state index in [0.717, 1.165) is 57.9 Å². The molecule has 0 amide bonds. The molecule has 0 atom stereocenters. The first-order valence-electron chi connectivity index (χ1n) is 9.48. The fourth-order valence-corrected chi connectivity index (χ4v) is 4.11. The van der Waals surface area contributed by atoms with Gasteiger partial charge in [-0.2, -0.15) is 0 Å². The van der Waals surface area contributed by atoms with Gasteiger partial charge in [-0.15, -0.1) is 0 Å². The summed E-state index contributed by atoms with van der Waals surface area (Å²) in [7, 11) is 0. The van der Waals surface area contributed by atoms with Gasteiger partial charge in [0.05, 0.1) is 0 Å². The highest BCUT2D eigenvalue weighted by Crippen LogP contribution is 2.18. The Morgan fingerprint density at radius 1 is 0.917 bits per heavy atom. The maximum atomic E-state index is 5.48. The molecule has 24 heavy (non-hydrogen) atoms. The zero-order valence-electron chi connectivity index (χ0n) is 14.6. The largest absolute Gasteiger partial charge is 0.381 e. The molecule has 0 N–H and O–H groups in total. The van der Waals surface area contributed by atoms with Crippen LogP contribution in [0.2, 0.25) is 0 Å². The molecule has 1 aromatic heterocycles. The summed E-state index contributed by atoms with van der Waals surface area (Å²) in [6.45, 7) is 9.70. The minimum absolute atomic E-state index is 0.740. The first-order chi connectivity index (χ1) is 11.9. The Morgan fingerprint density at radius 2 is 1.58 bits per heavy atom. The van der Waals surface area contributed by atoms with E-state index < -0.39 is 0 Å². The maximum absolute atomic E-state index is 5.48. The number of hydrogen-bond donors (Lipinski definition) is 0. The topological polar surface area (TPSA) is 44.7 Å². The summed E-state index contributed by atoms with van der Waals surface area (Å²) in [5.41, 5.74) is 1.23. The van der Waals surface area contributed by atoms with E-state index in [1.807, 2.05) is 12.4 Å². The van der Waals surface area contributed by atoms with E-state index in [4.69, 9.17) is 4.74 Å². The van der Waals surface area contributed by atoms with Crippen molar-refractivity contribution in [3.63, 3.8) is 0 Å². The van der Waals surface area contributed by atoms with Crippen molar-refractivity contribution in [1.82, 2.24) is 19.8 Å². The van der Waals surface area contributed by atoms with Gasteiger partial charge in [0, 0.05) is 83.0 Å². The van der Waals surface area contributed by atoms with E-state index in [1.54, 1.807) is 0 Å². The van der Waals surface area contributed by atoms with E-state index in [1.165, 1.54) is 44.3 Å². The molecule has 4 rings (SSSR count). The molecule has 0 spiro atoms. The Balaban J connectivity index is 1.26. The number of anilines is 1. The Morgan fingerprint density at radius 3 is 2.25 bits per heavy atom. The van der Waals surface area contributed by atoms with Crippen molar-refractivity contribution in [2.75, 3.05) is 57.4 Å². The zero-order chi connectivity index (χ0) is 16.2. The number of piperazine rings is 1. The molecule has 0 bridgehead atoms. The predicted octanol–water partition coefficient (Wildman–Crippen LogP) is 1.37. The van der Waals surface area contributed by atoms with Gasteiger partial charge in [-0.25, -0.2) is 9.97 Å². The van der Waals surface area contributed by atoms with Crippen LogP contribution in [0.15, 0.2) is 12.4 Å². The third-order valence-electron chi connectivity index (χ3n) is 5.60. The van der Waals surface area contributed by atoms with Gasteiger partial charge in [-0.3, -0.25) is 9.80 Å². The van der Waals surface area contributed by atoms with Crippen LogP contribution < -0.4 is 4.90 Å². The third-order valence-corrected chi connectivity index (χ3v) is 5.60. The van der Waals surface area contributed by atoms with Gasteiger partial charge >= 0.3 is 0 Å². The van der Waals surface area contributed by atoms with Gasteiger partial charge in [0.1, 0.15) is 0 Å². The van der Waals surface area contributed by atoms with E-state index >= 15 is 0 Å². The minimum atomic E-state index is 0.740. The molecule has 0 radical (unpaired) electrons. The first-order valence-corrected chi connectivity index (χ1v) is 9.48. The monoisotopic (exact) mass is 331 g/mol. The van der Waals surface area contributed by atoms with Crippen LogP contribution >= 0.6 is 0 Å². The summed E-state index contributed by atoms with van der Waals surface area (Å²) < 4.78 is 5.48. The summed E-state index contributed by atoms with van der Waals surface area (Å²) in [5, 5.41) is 0. The molecule has 0 aliphatic carbocycles. The molecule has 0 aromatic carbocycles. The van der Waals surface area contributed by atoms with Gasteiger partial charge in [0.25, 0.3) is 0 Å². The molecule has 3 saturated heterocycles. The van der Waals surface area contributed by atoms with Crippen LogP contribution in [-0.2, 0) is 11.3 Å². The second-order valence-electron chi connectivity index (χ2n) is 7.24. The lowest BCUT2D eigenvalue weighted by Gasteiger charge is -2.40. The summed E-state index contributed by atoms with van der Waals surface area (Å²) in [6, 6.07) is 0.740. The highest BCUT2D eigenvalue weighted by atomic mass is 16.5. The average molecular weight is 331 g/mol. The number of ether oxygens (including phenoxy) is 1. The smallest absolute Gasteiger partial charge is 0.225 e. The minimum Gasteiger partial charge on any atom is -0.381 e. The lowest BCUT2D eigenvalue weighted by Crippen LogP contribution is -2.51. The second-order valence-corrected chi connectivity index (χ2v) is 7.24. The van der Waals surface area contributed by atoms with Crippen LogP contribution in [0.25, 0.3) is 0 Å². The first kappa shape index (κ1) is 16.2. The number of rotatable bonds is 4. The standard InChI is InChI=1S/C18H29N5O/c1-2-6-23(5-1)18-19-13-16(14-20-18)15-21-7-9-22(10-8-21)17-3-11-24-12-4-17/h13-14,17H,1-12,15H2. The van der Waals surface area contributed by atoms with Gasteiger partial charge in [0.15, 0.2) is 0 Å². The van der Waals surface area contributed by atoms with Gasteiger partial charge in [-0.1, -0.05) is 0 Å². The SMILES string of the molecule is c1nc(N2CCCC2)ncc1CN1CCN(C2CCOCC2)CC1. The van der Waals surface area contributed by atoms with Crippen LogP contribution in [0.5, 0.6) is 0 Å². The lowest BCUT2D eigenvalue weighted by molar-refractivity contribution is 0.0126. The molecular formula is C18H29N5O. The predicted molar refractivity (Wildman–Crippen MR) is 94.2 cm³/mol. The molecule has 3 fully saturated rings. The average Bonchev–Trinajstić information content (AvgIpc) is 3.18. The molecule has 132 valence electrons. The van der Waals surface area contributed by atoms with E-state index in [9.17, 15) is 0 Å². The second kappa shape index (κ2) is 7.76. The van der Waals surface area contributed by atoms with Crippen molar-refractivity contribution in [2.45, 2.75) is 38.3 Å². The molecule has 0 saturated carbocycles. The number of aromatic nitrogens is 2. The van der Waals surface area contributed by atoms with Gasteiger partial charge < -0.3 is 9.64 Å². The van der Waals surface area contributed by atoms with Crippen LogP contribution in [0, 0.1) is 0 Å². The Labute approximate surface area is 144 Å². The van der Waals surface area contributed by atoms with Crippen molar-refractivity contribution in [3.8, 4) is 0 Å². The highest BCUT2D eigenvalue weighted by Gasteiger charge is 2.25. The third kappa shape index (κ3) is 3.87. The molecule has 3 aliphatic rings. The van der Waals surface area contributed by atoms with Gasteiger partial charge in [-0.05, 0) is 25.7 Å². The quantitative estimate of drug-likeness (QED) is 0.830. The van der Waals surface area contributed by atoms with Crippen molar-refractivity contribution < 1.29 is 4.74 Å². The van der Waals surface area contributed by atoms with Crippen LogP contribution in [0.3, 0.4) is 0 Å². The number of nitrogens with zero attached hydrogens (tertiary/aromatic N) is 5. The lowest BCUT2D eigenvalue weighted by atomic mass is 10.1. The summed E-state index contributed by atoms with van der Waals surface area (Å²) >= 11 is 0. The summed E-state index contributed by atoms with van der Waals surface area (Å²) in [6.07, 6.45) is 8.97. The van der Waals surface area contributed by atoms with E-state index in [0.29, 0.717) is 0 Å². The van der Waals surface area contributed by atoms with Crippen LogP contribution in [0.4, 0.5) is 5.95 Å². The van der Waals surface area contributed by atoms with E-state index in [-0.39, 0.29) is 0 Å². The molecule has 3 aliphatic heterocycles. The Bertz CT molecular complexity index is 503. The van der Waals surface area contributed by atoms with Crippen molar-refractivity contribution >= 4 is 5.95 Å². The van der Waals surface area contributed by atoms with Crippen LogP contribution in [-0.4, -0.2) is 78.3 Å². The highest BCUT2D eigenvalue weighted by molar-refractivity contribution is 5.30. The molecule has 6 heteroatoms. The van der Waals surface area contributed by atoms with E-state index in [2.05, 4.69) is 24.7 Å². The zero-order valence-corrected chi connectivity index (χ0v) is 14.6. The molecule has 6 nitrogen and oxygen atoms in total. The molecule has 0 unspecified atom stereocenters. The molecule has 4 heterocycles. The summed E-state index contributed by atoms with van der Waals surface area (Å²) in [4.78, 5) is 16.6. The van der Waals surface area contributed by atoms with Gasteiger partial charge in [0.2, 0.25) is 5.95 Å². The van der Waals surface area contributed by atoms with Crippen molar-refractivity contribution in [1.29, 1.82) is 0 Å². The Hall–Kier alpha value is -1.24. The normalized spacial score (nSPS) is 24.6. The fraction of sp³-hybridized carbons (Fsp3) is 0.778. The van der Waals surface area contributed by atoms with Crippen molar-refractivity contribution in [3.05, 3.63) is 18.0 Å². The molecule has 1 aromatic rings. The maximum Gasteiger partial charge on any atom is 0.225 e. The summed E-state index contributed by atoms with van der Waals surface area (Å²) in [5.74, 6) is 0.903. The molecular weight excluding hydrogens is 302 g/mol. The fourth-order valence-electron chi connectivity index (χ4n) is 4.11. The van der Waals surface area contributed by atoms with Crippen LogP contribution in [0.1, 0.15) is 31.2 Å². The number of hydrogen-bond acceptors (Lipinski definition) is 6. The Kier molecular flexibility index (Phi) is 5.25.